The lowest BCUT2D eigenvalue weighted by Crippen LogP contribution is -1.94. The van der Waals surface area contributed by atoms with E-state index in [1.807, 2.05) is 138 Å². The second-order valence-corrected chi connectivity index (χ2v) is 33.3. The Labute approximate surface area is 782 Å². The van der Waals surface area contributed by atoms with Crippen molar-refractivity contribution in [3.63, 3.8) is 0 Å². The van der Waals surface area contributed by atoms with Crippen molar-refractivity contribution < 1.29 is 17.6 Å². The molecular weight excluding hydrogens is 1590 g/mol. The summed E-state index contributed by atoms with van der Waals surface area (Å²) < 4.78 is 58.1. The Bertz CT molecular complexity index is 5830. The Balaban J connectivity index is 0.000000301. The van der Waals surface area contributed by atoms with Gasteiger partial charge in [-0.1, -0.05) is 426 Å². The molecule has 130 heavy (non-hydrogen) atoms. The molecule has 16 rings (SSSR count). The Hall–Kier alpha value is -12.8. The molecule has 0 saturated carbocycles. The summed E-state index contributed by atoms with van der Waals surface area (Å²) in [7, 11) is 0. The summed E-state index contributed by atoms with van der Waals surface area (Å²) in [5.41, 5.74) is 38.3. The summed E-state index contributed by atoms with van der Waals surface area (Å²) in [6, 6.07) is 121. The fourth-order valence-corrected chi connectivity index (χ4v) is 15.6. The molecule has 0 heterocycles. The summed E-state index contributed by atoms with van der Waals surface area (Å²) in [6.45, 7) is 20.5. The van der Waals surface area contributed by atoms with Crippen LogP contribution in [0, 0.1) is 92.5 Å². The largest absolute Gasteiger partial charge is 0.207 e. The number of benzene rings is 16. The number of rotatable bonds is 24. The Morgan fingerprint density at radius 2 is 0.323 bits per heavy atom. The van der Waals surface area contributed by atoms with Crippen molar-refractivity contribution in [2.45, 2.75) is 206 Å². The molecule has 0 unspecified atom stereocenters. The molecule has 0 N–H and O–H groups in total. The van der Waals surface area contributed by atoms with Gasteiger partial charge in [0, 0.05) is 16.7 Å². The molecule has 0 fully saturated rings. The van der Waals surface area contributed by atoms with Crippen LogP contribution in [-0.4, -0.2) is 0 Å². The van der Waals surface area contributed by atoms with Crippen molar-refractivity contribution in [1.29, 1.82) is 0 Å². The topological polar surface area (TPSA) is 0 Å². The van der Waals surface area contributed by atoms with Crippen LogP contribution in [-0.2, 0) is 51.4 Å². The molecule has 4 heteroatoms. The van der Waals surface area contributed by atoms with E-state index < -0.39 is 0 Å². The first-order valence-electron chi connectivity index (χ1n) is 43.2. The first-order valence-corrected chi connectivity index (χ1v) is 43.2. The van der Waals surface area contributed by atoms with Crippen molar-refractivity contribution in [2.24, 2.45) is 0 Å². The SMILES string of the molecule is C.C.C.C.C.C.C.C.Cc1ccc(-c2ccc(CCCc3ccc(-c4cc(C)c(C)c(F)c4)c(C)c3)cc2)cc1.Cc1ccc(-c2ccc(CCCc3ccc(-c4ccc(C)cc4)c(F)c3)cc2)cc1.Cc1ccc(-c2ccc(CCCc3ccc(-c4ccc(C)cc4)c(F)c3)cc2F)cc1.Cc1ccc(-c2ccc(CCCc3ccc(-c4ccc(C)cc4)cc3)cc2)cc1. The third-order valence-electron chi connectivity index (χ3n) is 23.5. The molecule has 0 aliphatic heterocycles. The van der Waals surface area contributed by atoms with Gasteiger partial charge in [-0.15, -0.1) is 0 Å². The zero-order chi connectivity index (χ0) is 85.4. The lowest BCUT2D eigenvalue weighted by molar-refractivity contribution is 0.617. The van der Waals surface area contributed by atoms with Gasteiger partial charge in [-0.2, -0.15) is 0 Å². The summed E-state index contributed by atoms with van der Waals surface area (Å²) in [5, 5.41) is 0. The molecule has 0 atom stereocenters. The van der Waals surface area contributed by atoms with Gasteiger partial charge in [0.15, 0.2) is 0 Å². The van der Waals surface area contributed by atoms with Gasteiger partial charge in [-0.25, -0.2) is 17.6 Å². The normalized spacial score (nSPS) is 10.3. The van der Waals surface area contributed by atoms with Crippen LogP contribution in [0.4, 0.5) is 17.6 Å². The molecule has 0 aromatic heterocycles. The second-order valence-electron chi connectivity index (χ2n) is 33.3. The summed E-state index contributed by atoms with van der Waals surface area (Å²) in [5.74, 6) is -0.666. The molecule has 0 radical (unpaired) electrons. The molecule has 16 aromatic rings. The van der Waals surface area contributed by atoms with Gasteiger partial charge < -0.3 is 0 Å². The lowest BCUT2D eigenvalue weighted by atomic mass is 9.94. The van der Waals surface area contributed by atoms with Crippen LogP contribution in [0.2, 0.25) is 0 Å². The minimum Gasteiger partial charge on any atom is -0.207 e. The fraction of sp³-hybridized carbons (Fsp3) is 0.238. The van der Waals surface area contributed by atoms with E-state index in [1.165, 1.54) is 112 Å². The van der Waals surface area contributed by atoms with Gasteiger partial charge in [-0.3, -0.25) is 0 Å². The highest BCUT2D eigenvalue weighted by atomic mass is 19.1. The maximum absolute atomic E-state index is 14.6. The van der Waals surface area contributed by atoms with Crippen molar-refractivity contribution in [3.8, 4) is 89.0 Å². The van der Waals surface area contributed by atoms with Crippen LogP contribution in [0.5, 0.6) is 0 Å². The van der Waals surface area contributed by atoms with E-state index in [4.69, 9.17) is 0 Å². The minimum atomic E-state index is -0.199. The molecule has 0 aliphatic rings. The average molecular weight is 1730 g/mol. The summed E-state index contributed by atoms with van der Waals surface area (Å²) in [4.78, 5) is 0. The van der Waals surface area contributed by atoms with E-state index in [-0.39, 0.29) is 82.7 Å². The van der Waals surface area contributed by atoms with E-state index in [2.05, 4.69) is 259 Å². The smallest absolute Gasteiger partial charge is 0.131 e. The maximum atomic E-state index is 14.6. The molecule has 0 saturated heterocycles. The number of hydrogen-bond acceptors (Lipinski definition) is 0. The van der Waals surface area contributed by atoms with Crippen LogP contribution >= 0.6 is 0 Å². The van der Waals surface area contributed by atoms with Crippen molar-refractivity contribution in [3.05, 3.63) is 475 Å². The van der Waals surface area contributed by atoms with Gasteiger partial charge in [-0.05, 0) is 304 Å². The van der Waals surface area contributed by atoms with E-state index in [0.29, 0.717) is 16.7 Å². The molecule has 0 aliphatic carbocycles. The van der Waals surface area contributed by atoms with Crippen LogP contribution in [0.15, 0.2) is 352 Å². The maximum Gasteiger partial charge on any atom is 0.131 e. The van der Waals surface area contributed by atoms with Crippen molar-refractivity contribution in [2.75, 3.05) is 0 Å². The molecule has 676 valence electrons. The predicted octanol–water partition coefficient (Wildman–Crippen LogP) is 37.5. The Kier molecular flexibility index (Phi) is 43.6. The van der Waals surface area contributed by atoms with Gasteiger partial charge in [0.2, 0.25) is 0 Å². The van der Waals surface area contributed by atoms with Crippen LogP contribution in [0.1, 0.15) is 185 Å². The highest BCUT2D eigenvalue weighted by molar-refractivity contribution is 5.72. The highest BCUT2D eigenvalue weighted by Gasteiger charge is 2.14. The summed E-state index contributed by atoms with van der Waals surface area (Å²) >= 11 is 0. The van der Waals surface area contributed by atoms with E-state index in [0.717, 1.165) is 137 Å². The zero-order valence-corrected chi connectivity index (χ0v) is 72.5. The van der Waals surface area contributed by atoms with Gasteiger partial charge in [0.25, 0.3) is 0 Å². The Morgan fingerprint density at radius 1 is 0.146 bits per heavy atom. The standard InChI is InChI=1S/C31H31F.C29H26F2.C29H27F.C29H28.8CH4/c1-21-8-13-27(14-9-21)28-15-10-25(11-16-28)6-5-7-26-12-17-30(23(3)18-26)29-19-22(2)24(4)31(32)20-29;1-20-6-12-24(13-7-20)26-16-10-22(18-28(26)30)4-3-5-23-11-17-27(29(31)19-23)25-14-8-21(2)9-15-25;1-21-6-13-25(14-7-21)26-17-10-23(11-18-26)4-3-5-24-12-19-28(29(30)20-24)27-15-8-22(2)9-16-27;1-22-6-14-26(15-7-22)28-18-10-24(11-19-28)4-3-5-25-12-20-29(21-13-25)27-16-8-23(2)9-17-27;;;;;;;;/h8-20H,5-7H2,1-4H3;6-19H,3-5H2,1-2H3;6-20H,3-5H2,1-2H3;6-21H,3-5H2,1-2H3;8*1H4. The third-order valence-corrected chi connectivity index (χ3v) is 23.5. The predicted molar refractivity (Wildman–Crippen MR) is 564 cm³/mol. The van der Waals surface area contributed by atoms with Crippen LogP contribution in [0.25, 0.3) is 89.0 Å². The number of aryl methyl sites for hydroxylation is 17. The summed E-state index contributed by atoms with van der Waals surface area (Å²) in [6.07, 6.45) is 11.9. The van der Waals surface area contributed by atoms with Crippen LogP contribution in [0.3, 0.4) is 0 Å². The van der Waals surface area contributed by atoms with E-state index >= 15 is 0 Å². The molecule has 0 amide bonds. The van der Waals surface area contributed by atoms with Gasteiger partial charge >= 0.3 is 0 Å². The zero-order valence-electron chi connectivity index (χ0n) is 72.5. The van der Waals surface area contributed by atoms with E-state index in [9.17, 15) is 17.6 Å². The van der Waals surface area contributed by atoms with Crippen LogP contribution < -0.4 is 0 Å². The molecular formula is C126H144F4. The highest BCUT2D eigenvalue weighted by Crippen LogP contribution is 2.34. The van der Waals surface area contributed by atoms with Gasteiger partial charge in [0.1, 0.15) is 23.3 Å². The second kappa shape index (κ2) is 52.6. The van der Waals surface area contributed by atoms with Crippen molar-refractivity contribution in [1.82, 2.24) is 0 Å². The van der Waals surface area contributed by atoms with Gasteiger partial charge in [0.05, 0.1) is 0 Å². The third kappa shape index (κ3) is 30.7. The first kappa shape index (κ1) is 108. The molecule has 0 bridgehead atoms. The molecule has 0 nitrogen and oxygen atoms in total. The van der Waals surface area contributed by atoms with E-state index in [1.54, 1.807) is 24.3 Å². The number of halogens is 4. The molecule has 0 spiro atoms. The van der Waals surface area contributed by atoms with Crippen molar-refractivity contribution >= 4 is 0 Å². The first-order chi connectivity index (χ1) is 59.1. The Morgan fingerprint density at radius 3 is 0.523 bits per heavy atom. The molecule has 16 aromatic carbocycles. The monoisotopic (exact) mass is 1730 g/mol. The quantitative estimate of drug-likeness (QED) is 0.0529. The average Bonchev–Trinajstić information content (AvgIpc) is 0.846. The lowest BCUT2D eigenvalue weighted by Gasteiger charge is -2.12. The number of hydrogen-bond donors (Lipinski definition) is 0. The minimum absolute atomic E-state index is 0. The fourth-order valence-electron chi connectivity index (χ4n) is 15.6.